The molecule has 0 rings (SSSR count). The highest BCUT2D eigenvalue weighted by Gasteiger charge is 2.30. The van der Waals surface area contributed by atoms with Gasteiger partial charge in [0.2, 0.25) is 0 Å². The van der Waals surface area contributed by atoms with E-state index in [2.05, 4.69) is 0 Å². The molecule has 0 bridgehead atoms. The number of rotatable bonds is 4. The van der Waals surface area contributed by atoms with Gasteiger partial charge in [0.1, 0.15) is 0 Å². The standard InChI is InChI=1S/C9H16O4Si/c1-5-6(8(10)11)7(9(12)13)14(2,3)4/h5H2,1-4H3,(H,10,11)(H,12,13)/b7-6-. The van der Waals surface area contributed by atoms with Gasteiger partial charge in [-0.3, -0.25) is 0 Å². The van der Waals surface area contributed by atoms with Crippen LogP contribution >= 0.6 is 0 Å². The lowest BCUT2D eigenvalue weighted by Gasteiger charge is -2.19. The van der Waals surface area contributed by atoms with Crippen LogP contribution in [0.4, 0.5) is 0 Å². The molecule has 0 aromatic rings. The summed E-state index contributed by atoms with van der Waals surface area (Å²) in [6.07, 6.45) is 0.251. The topological polar surface area (TPSA) is 74.6 Å². The third-order valence-electron chi connectivity index (χ3n) is 1.88. The maximum Gasteiger partial charge on any atom is 0.331 e. The summed E-state index contributed by atoms with van der Waals surface area (Å²) in [6.45, 7) is 7.14. The Kier molecular flexibility index (Phi) is 4.06. The molecule has 80 valence electrons. The molecule has 0 aliphatic carbocycles. The second kappa shape index (κ2) is 4.41. The van der Waals surface area contributed by atoms with E-state index in [0.29, 0.717) is 0 Å². The van der Waals surface area contributed by atoms with Crippen LogP contribution < -0.4 is 0 Å². The number of hydrogen-bond donors (Lipinski definition) is 2. The normalized spacial score (nSPS) is 13.4. The number of carbonyl (C=O) groups is 2. The second-order valence-electron chi connectivity index (χ2n) is 4.07. The maximum atomic E-state index is 11.0. The van der Waals surface area contributed by atoms with E-state index in [9.17, 15) is 9.59 Å². The Morgan fingerprint density at radius 3 is 1.57 bits per heavy atom. The summed E-state index contributed by atoms with van der Waals surface area (Å²) < 4.78 is 0. The first-order valence-corrected chi connectivity index (χ1v) is 7.92. The number of carboxylic acid groups (broad SMARTS) is 2. The Morgan fingerprint density at radius 1 is 1.07 bits per heavy atom. The van der Waals surface area contributed by atoms with Crippen molar-refractivity contribution in [3.8, 4) is 0 Å². The minimum atomic E-state index is -2.10. The SMILES string of the molecule is CC/C(C(=O)O)=C(\C(=O)O)[Si](C)(C)C. The lowest BCUT2D eigenvalue weighted by Crippen LogP contribution is -2.32. The molecule has 2 N–H and O–H groups in total. The molecule has 0 aliphatic heterocycles. The van der Waals surface area contributed by atoms with Crippen molar-refractivity contribution >= 4 is 20.0 Å². The summed E-state index contributed by atoms with van der Waals surface area (Å²) in [6, 6.07) is 0. The Balaban J connectivity index is 5.57. The van der Waals surface area contributed by atoms with Gasteiger partial charge in [-0.1, -0.05) is 26.6 Å². The largest absolute Gasteiger partial charge is 0.478 e. The van der Waals surface area contributed by atoms with E-state index in [1.807, 2.05) is 19.6 Å². The highest BCUT2D eigenvalue weighted by atomic mass is 28.3. The van der Waals surface area contributed by atoms with Crippen molar-refractivity contribution in [1.29, 1.82) is 0 Å². The van der Waals surface area contributed by atoms with E-state index in [4.69, 9.17) is 10.2 Å². The maximum absolute atomic E-state index is 11.0. The van der Waals surface area contributed by atoms with Gasteiger partial charge in [-0.2, -0.15) is 0 Å². The Labute approximate surface area is 84.3 Å². The lowest BCUT2D eigenvalue weighted by atomic mass is 10.2. The van der Waals surface area contributed by atoms with Gasteiger partial charge in [0, 0.05) is 10.8 Å². The molecule has 0 amide bonds. The molecule has 4 nitrogen and oxygen atoms in total. The van der Waals surface area contributed by atoms with Gasteiger partial charge in [0.25, 0.3) is 0 Å². The summed E-state index contributed by atoms with van der Waals surface area (Å²) >= 11 is 0. The Bertz CT molecular complexity index is 286. The average Bonchev–Trinajstić information content (AvgIpc) is 1.95. The lowest BCUT2D eigenvalue weighted by molar-refractivity contribution is -0.135. The van der Waals surface area contributed by atoms with Crippen LogP contribution in [0.2, 0.25) is 19.6 Å². The number of aliphatic carboxylic acids is 2. The van der Waals surface area contributed by atoms with E-state index in [0.717, 1.165) is 0 Å². The van der Waals surface area contributed by atoms with Crippen LogP contribution in [0.25, 0.3) is 0 Å². The fourth-order valence-electron chi connectivity index (χ4n) is 1.34. The van der Waals surface area contributed by atoms with Gasteiger partial charge < -0.3 is 10.2 Å². The quantitative estimate of drug-likeness (QED) is 0.554. The molecule has 0 atom stereocenters. The highest BCUT2D eigenvalue weighted by Crippen LogP contribution is 2.21. The molecule has 0 fully saturated rings. The molecular weight excluding hydrogens is 200 g/mol. The molecular formula is C9H16O4Si. The van der Waals surface area contributed by atoms with Gasteiger partial charge in [0.05, 0.1) is 8.07 Å². The Morgan fingerprint density at radius 2 is 1.50 bits per heavy atom. The molecule has 0 unspecified atom stereocenters. The molecule has 0 heterocycles. The van der Waals surface area contributed by atoms with Crippen LogP contribution in [-0.4, -0.2) is 30.2 Å². The van der Waals surface area contributed by atoms with Crippen LogP contribution in [0.5, 0.6) is 0 Å². The van der Waals surface area contributed by atoms with E-state index < -0.39 is 20.0 Å². The van der Waals surface area contributed by atoms with Crippen molar-refractivity contribution in [3.63, 3.8) is 0 Å². The van der Waals surface area contributed by atoms with Crippen LogP contribution in [0.3, 0.4) is 0 Å². The first-order chi connectivity index (χ1) is 6.21. The zero-order valence-electron chi connectivity index (χ0n) is 8.92. The fourth-order valence-corrected chi connectivity index (χ4v) is 3.17. The van der Waals surface area contributed by atoms with Gasteiger partial charge >= 0.3 is 11.9 Å². The van der Waals surface area contributed by atoms with Crippen LogP contribution in [0.1, 0.15) is 13.3 Å². The third kappa shape index (κ3) is 2.99. The molecule has 0 spiro atoms. The predicted octanol–water partition coefficient (Wildman–Crippen LogP) is 1.74. The molecule has 0 aromatic carbocycles. The van der Waals surface area contributed by atoms with Gasteiger partial charge in [-0.25, -0.2) is 9.59 Å². The van der Waals surface area contributed by atoms with Crippen molar-refractivity contribution in [1.82, 2.24) is 0 Å². The zero-order chi connectivity index (χ0) is 11.5. The highest BCUT2D eigenvalue weighted by molar-refractivity contribution is 6.87. The van der Waals surface area contributed by atoms with E-state index in [1.54, 1.807) is 6.92 Å². The third-order valence-corrected chi connectivity index (χ3v) is 3.89. The monoisotopic (exact) mass is 216 g/mol. The van der Waals surface area contributed by atoms with Crippen molar-refractivity contribution in [2.24, 2.45) is 0 Å². The number of hydrogen-bond acceptors (Lipinski definition) is 2. The molecule has 0 radical (unpaired) electrons. The van der Waals surface area contributed by atoms with Crippen LogP contribution in [0, 0.1) is 0 Å². The summed E-state index contributed by atoms with van der Waals surface area (Å²) in [5.41, 5.74) is 0.0386. The fraction of sp³-hybridized carbons (Fsp3) is 0.556. The van der Waals surface area contributed by atoms with Gasteiger partial charge in [-0.05, 0) is 6.42 Å². The number of carboxylic acids is 2. The Hall–Kier alpha value is -1.10. The van der Waals surface area contributed by atoms with Crippen molar-refractivity contribution in [3.05, 3.63) is 10.8 Å². The van der Waals surface area contributed by atoms with E-state index in [-0.39, 0.29) is 17.2 Å². The van der Waals surface area contributed by atoms with Crippen molar-refractivity contribution in [2.45, 2.75) is 33.0 Å². The summed E-state index contributed by atoms with van der Waals surface area (Å²) in [5.74, 6) is -2.21. The van der Waals surface area contributed by atoms with E-state index >= 15 is 0 Å². The predicted molar refractivity (Wildman–Crippen MR) is 55.9 cm³/mol. The molecule has 5 heteroatoms. The zero-order valence-corrected chi connectivity index (χ0v) is 9.92. The van der Waals surface area contributed by atoms with Crippen molar-refractivity contribution in [2.75, 3.05) is 0 Å². The first-order valence-electron chi connectivity index (χ1n) is 4.42. The van der Waals surface area contributed by atoms with Crippen LogP contribution in [0.15, 0.2) is 10.8 Å². The summed E-state index contributed by atoms with van der Waals surface area (Å²) in [5, 5.41) is 17.9. The molecule has 0 aliphatic rings. The van der Waals surface area contributed by atoms with Crippen LogP contribution in [-0.2, 0) is 9.59 Å². The van der Waals surface area contributed by atoms with Gasteiger partial charge in [-0.15, -0.1) is 0 Å². The minimum Gasteiger partial charge on any atom is -0.478 e. The van der Waals surface area contributed by atoms with E-state index in [1.165, 1.54) is 0 Å². The smallest absolute Gasteiger partial charge is 0.331 e. The van der Waals surface area contributed by atoms with Crippen molar-refractivity contribution < 1.29 is 19.8 Å². The molecule has 0 aromatic heterocycles. The molecule has 0 saturated carbocycles. The molecule has 0 saturated heterocycles. The second-order valence-corrected chi connectivity index (χ2v) is 9.07. The minimum absolute atomic E-state index is 0.0386. The average molecular weight is 216 g/mol. The first kappa shape index (κ1) is 12.9. The summed E-state index contributed by atoms with van der Waals surface area (Å²) in [7, 11) is -2.10. The van der Waals surface area contributed by atoms with Gasteiger partial charge in [0.15, 0.2) is 0 Å². The molecule has 14 heavy (non-hydrogen) atoms. The summed E-state index contributed by atoms with van der Waals surface area (Å²) in [4.78, 5) is 21.8.